The van der Waals surface area contributed by atoms with Gasteiger partial charge in [0.05, 0.1) is 6.04 Å². The first-order chi connectivity index (χ1) is 11.5. The van der Waals surface area contributed by atoms with Gasteiger partial charge in [-0.2, -0.15) is 0 Å². The van der Waals surface area contributed by atoms with Crippen LogP contribution in [0, 0.1) is 12.7 Å². The molecule has 0 spiro atoms. The maximum absolute atomic E-state index is 13.8. The van der Waals surface area contributed by atoms with Crippen molar-refractivity contribution >= 4 is 5.96 Å². The lowest BCUT2D eigenvalue weighted by Crippen LogP contribution is -2.46. The molecule has 1 heterocycles. The fraction of sp³-hybridized carbons (Fsp3) is 0.632. The average Bonchev–Trinajstić information content (AvgIpc) is 3.11. The molecule has 0 amide bonds. The third kappa shape index (κ3) is 4.94. The number of nitrogens with one attached hydrogen (secondary N) is 2. The van der Waals surface area contributed by atoms with Gasteiger partial charge in [-0.25, -0.2) is 4.39 Å². The minimum absolute atomic E-state index is 0.00170. The molecular weight excluding hydrogens is 303 g/mol. The van der Waals surface area contributed by atoms with Crippen LogP contribution in [0.15, 0.2) is 23.2 Å². The molecule has 2 N–H and O–H groups in total. The van der Waals surface area contributed by atoms with E-state index in [-0.39, 0.29) is 11.9 Å². The van der Waals surface area contributed by atoms with Crippen LogP contribution in [-0.2, 0) is 0 Å². The van der Waals surface area contributed by atoms with Crippen molar-refractivity contribution in [1.82, 2.24) is 15.5 Å². The fourth-order valence-corrected chi connectivity index (χ4v) is 3.21. The quantitative estimate of drug-likeness (QED) is 0.620. The summed E-state index contributed by atoms with van der Waals surface area (Å²) in [5.74, 6) is 0.602. The van der Waals surface area contributed by atoms with Gasteiger partial charge in [-0.1, -0.05) is 19.1 Å². The number of hydrogen-bond acceptors (Lipinski definition) is 2. The Hall–Kier alpha value is -1.62. The first kappa shape index (κ1) is 18.7. The van der Waals surface area contributed by atoms with Crippen molar-refractivity contribution in [2.45, 2.75) is 52.1 Å². The lowest BCUT2D eigenvalue weighted by molar-refractivity contribution is 0.236. The van der Waals surface area contributed by atoms with Gasteiger partial charge in [-0.15, -0.1) is 0 Å². The van der Waals surface area contributed by atoms with E-state index in [1.165, 1.54) is 25.9 Å². The first-order valence-electron chi connectivity index (χ1n) is 9.02. The van der Waals surface area contributed by atoms with Crippen molar-refractivity contribution in [3.8, 4) is 0 Å². The molecule has 2 rings (SSSR count). The molecule has 0 aromatic heterocycles. The largest absolute Gasteiger partial charge is 0.355 e. The van der Waals surface area contributed by atoms with Gasteiger partial charge in [0.1, 0.15) is 5.82 Å². The van der Waals surface area contributed by atoms with E-state index in [0.717, 1.165) is 24.5 Å². The zero-order valence-electron chi connectivity index (χ0n) is 15.4. The predicted octanol–water partition coefficient (Wildman–Crippen LogP) is 3.23. The number of benzene rings is 1. The van der Waals surface area contributed by atoms with E-state index in [4.69, 9.17) is 0 Å². The summed E-state index contributed by atoms with van der Waals surface area (Å²) < 4.78 is 13.8. The Bertz CT molecular complexity index is 552. The molecule has 5 heteroatoms. The molecule has 1 saturated heterocycles. The molecule has 134 valence electrons. The highest BCUT2D eigenvalue weighted by atomic mass is 19.1. The summed E-state index contributed by atoms with van der Waals surface area (Å²) in [6, 6.07) is 5.91. The maximum atomic E-state index is 13.8. The van der Waals surface area contributed by atoms with E-state index in [9.17, 15) is 4.39 Å². The number of likely N-dealkylation sites (tertiary alicyclic amines) is 1. The van der Waals surface area contributed by atoms with Crippen molar-refractivity contribution in [3.63, 3.8) is 0 Å². The number of aryl methyl sites for hydroxylation is 1. The highest BCUT2D eigenvalue weighted by Crippen LogP contribution is 2.16. The summed E-state index contributed by atoms with van der Waals surface area (Å²) in [7, 11) is 1.77. The molecule has 4 nitrogen and oxygen atoms in total. The Morgan fingerprint density at radius 2 is 2.04 bits per heavy atom. The Kier molecular flexibility index (Phi) is 7.03. The molecule has 1 aliphatic heterocycles. The number of nitrogens with zero attached hydrogens (tertiary/aromatic N) is 2. The third-order valence-electron chi connectivity index (χ3n) is 4.91. The van der Waals surface area contributed by atoms with E-state index in [2.05, 4.69) is 27.4 Å². The summed E-state index contributed by atoms with van der Waals surface area (Å²) in [5.41, 5.74) is 1.59. The summed E-state index contributed by atoms with van der Waals surface area (Å²) in [4.78, 5) is 6.86. The van der Waals surface area contributed by atoms with Gasteiger partial charge in [0.2, 0.25) is 0 Å². The van der Waals surface area contributed by atoms with Crippen molar-refractivity contribution in [2.75, 3.05) is 26.7 Å². The molecular formula is C19H31FN4. The minimum Gasteiger partial charge on any atom is -0.355 e. The lowest BCUT2D eigenvalue weighted by atomic mass is 10.1. The monoisotopic (exact) mass is 334 g/mol. The molecule has 0 aliphatic carbocycles. The lowest BCUT2D eigenvalue weighted by Gasteiger charge is -2.28. The van der Waals surface area contributed by atoms with Crippen LogP contribution < -0.4 is 10.6 Å². The number of aliphatic imine (C=N–C) groups is 1. The van der Waals surface area contributed by atoms with Crippen LogP contribution in [-0.4, -0.2) is 43.6 Å². The van der Waals surface area contributed by atoms with Crippen LogP contribution >= 0.6 is 0 Å². The van der Waals surface area contributed by atoms with Gasteiger partial charge in [0.15, 0.2) is 5.96 Å². The number of halogens is 1. The summed E-state index contributed by atoms with van der Waals surface area (Å²) in [5, 5.41) is 6.78. The zero-order chi connectivity index (χ0) is 17.5. The Morgan fingerprint density at radius 1 is 1.33 bits per heavy atom. The minimum atomic E-state index is -0.163. The molecule has 1 aliphatic rings. The van der Waals surface area contributed by atoms with E-state index in [1.54, 1.807) is 20.0 Å². The second-order valence-electron chi connectivity index (χ2n) is 6.63. The van der Waals surface area contributed by atoms with Crippen LogP contribution in [0.1, 0.15) is 50.3 Å². The number of rotatable bonds is 6. The molecule has 24 heavy (non-hydrogen) atoms. The molecule has 2 unspecified atom stereocenters. The predicted molar refractivity (Wildman–Crippen MR) is 98.9 cm³/mol. The second kappa shape index (κ2) is 9.02. The molecule has 0 saturated carbocycles. The molecule has 2 atom stereocenters. The van der Waals surface area contributed by atoms with E-state index in [1.807, 2.05) is 19.1 Å². The average molecular weight is 334 g/mol. The summed E-state index contributed by atoms with van der Waals surface area (Å²) >= 11 is 0. The highest BCUT2D eigenvalue weighted by molar-refractivity contribution is 5.80. The van der Waals surface area contributed by atoms with Crippen LogP contribution in [0.2, 0.25) is 0 Å². The SMILES string of the molecule is CCC(CNC(=NC)NC(C)c1ccc(C)c(F)c1)N1CCCC1. The van der Waals surface area contributed by atoms with Gasteiger partial charge in [-0.05, 0) is 63.4 Å². The van der Waals surface area contributed by atoms with Crippen LogP contribution in [0.3, 0.4) is 0 Å². The van der Waals surface area contributed by atoms with Gasteiger partial charge in [0.25, 0.3) is 0 Å². The third-order valence-corrected chi connectivity index (χ3v) is 4.91. The van der Waals surface area contributed by atoms with Crippen LogP contribution in [0.5, 0.6) is 0 Å². The molecule has 1 aromatic carbocycles. The molecule has 0 radical (unpaired) electrons. The summed E-state index contributed by atoms with van der Waals surface area (Å²) in [6.07, 6.45) is 3.74. The summed E-state index contributed by atoms with van der Waals surface area (Å²) in [6.45, 7) is 9.32. The topological polar surface area (TPSA) is 39.7 Å². The van der Waals surface area contributed by atoms with Crippen molar-refractivity contribution in [1.29, 1.82) is 0 Å². The van der Waals surface area contributed by atoms with Gasteiger partial charge >= 0.3 is 0 Å². The fourth-order valence-electron chi connectivity index (χ4n) is 3.21. The van der Waals surface area contributed by atoms with Crippen molar-refractivity contribution in [3.05, 3.63) is 35.1 Å². The zero-order valence-corrected chi connectivity index (χ0v) is 15.4. The highest BCUT2D eigenvalue weighted by Gasteiger charge is 2.20. The maximum Gasteiger partial charge on any atom is 0.191 e. The number of hydrogen-bond donors (Lipinski definition) is 2. The Balaban J connectivity index is 1.90. The molecule has 0 bridgehead atoms. The molecule has 1 fully saturated rings. The van der Waals surface area contributed by atoms with E-state index in [0.29, 0.717) is 11.6 Å². The molecule has 1 aromatic rings. The van der Waals surface area contributed by atoms with E-state index >= 15 is 0 Å². The van der Waals surface area contributed by atoms with Crippen LogP contribution in [0.25, 0.3) is 0 Å². The van der Waals surface area contributed by atoms with Gasteiger partial charge < -0.3 is 10.6 Å². The normalized spacial score (nSPS) is 18.5. The smallest absolute Gasteiger partial charge is 0.191 e. The van der Waals surface area contributed by atoms with Crippen molar-refractivity contribution in [2.24, 2.45) is 4.99 Å². The van der Waals surface area contributed by atoms with Gasteiger partial charge in [-0.3, -0.25) is 9.89 Å². The van der Waals surface area contributed by atoms with Gasteiger partial charge in [0, 0.05) is 19.6 Å². The first-order valence-corrected chi connectivity index (χ1v) is 9.02. The number of guanidine groups is 1. The van der Waals surface area contributed by atoms with Crippen molar-refractivity contribution < 1.29 is 4.39 Å². The van der Waals surface area contributed by atoms with E-state index < -0.39 is 0 Å². The Labute approximate surface area is 145 Å². The second-order valence-corrected chi connectivity index (χ2v) is 6.63. The Morgan fingerprint density at radius 3 is 2.62 bits per heavy atom. The van der Waals surface area contributed by atoms with Crippen LogP contribution in [0.4, 0.5) is 4.39 Å². The standard InChI is InChI=1S/C19H31FN4/c1-5-17(24-10-6-7-11-24)13-22-19(21-4)23-15(3)16-9-8-14(2)18(20)12-16/h8-9,12,15,17H,5-7,10-11,13H2,1-4H3,(H2,21,22,23).